The smallest absolute Gasteiger partial charge is 0.239 e. The van der Waals surface area contributed by atoms with Crippen LogP contribution in [0.1, 0.15) is 34.1 Å². The van der Waals surface area contributed by atoms with Gasteiger partial charge in [0.15, 0.2) is 0 Å². The van der Waals surface area contributed by atoms with Gasteiger partial charge in [-0.25, -0.2) is 0 Å². The number of ether oxygens (including phenoxy) is 1. The van der Waals surface area contributed by atoms with Gasteiger partial charge >= 0.3 is 0 Å². The minimum atomic E-state index is -0.463. The number of nitrogens with one attached hydrogen (secondary N) is 2. The maximum atomic E-state index is 11.5. The molecule has 0 saturated carbocycles. The Kier molecular flexibility index (Phi) is 7.54. The maximum Gasteiger partial charge on any atom is 0.239 e. The summed E-state index contributed by atoms with van der Waals surface area (Å²) in [4.78, 5) is 22.8. The van der Waals surface area contributed by atoms with Gasteiger partial charge in [0.25, 0.3) is 0 Å². The van der Waals surface area contributed by atoms with Crippen LogP contribution in [0.25, 0.3) is 0 Å². The van der Waals surface area contributed by atoms with Gasteiger partial charge in [0.05, 0.1) is 6.54 Å². The molecule has 0 rings (SSSR count). The monoisotopic (exact) mass is 244 g/mol. The van der Waals surface area contributed by atoms with Crippen molar-refractivity contribution < 1.29 is 14.3 Å². The van der Waals surface area contributed by atoms with Crippen LogP contribution < -0.4 is 10.6 Å². The van der Waals surface area contributed by atoms with E-state index in [1.165, 1.54) is 0 Å². The molecule has 0 fully saturated rings. The van der Waals surface area contributed by atoms with Gasteiger partial charge in [-0.15, -0.1) is 0 Å². The summed E-state index contributed by atoms with van der Waals surface area (Å²) in [6.45, 7) is 9.29. The summed E-state index contributed by atoms with van der Waals surface area (Å²) < 4.78 is 5.14. The number of rotatable bonds is 7. The SMILES string of the molecule is CCOCCCNC(=O)CNC(=O)C(C)(C)C. The Morgan fingerprint density at radius 1 is 1.18 bits per heavy atom. The van der Waals surface area contributed by atoms with E-state index in [-0.39, 0.29) is 18.4 Å². The average Bonchev–Trinajstić information content (AvgIpc) is 2.24. The first-order chi connectivity index (χ1) is 7.88. The summed E-state index contributed by atoms with van der Waals surface area (Å²) in [5, 5.41) is 5.31. The second-order valence-corrected chi connectivity index (χ2v) is 4.83. The zero-order valence-electron chi connectivity index (χ0n) is 11.3. The summed E-state index contributed by atoms with van der Waals surface area (Å²) in [5.41, 5.74) is -0.463. The van der Waals surface area contributed by atoms with E-state index in [0.717, 1.165) is 6.42 Å². The molecule has 0 aromatic rings. The highest BCUT2D eigenvalue weighted by molar-refractivity contribution is 5.87. The number of hydrogen-bond acceptors (Lipinski definition) is 3. The summed E-state index contributed by atoms with van der Waals surface area (Å²) in [6.07, 6.45) is 0.785. The molecule has 0 aromatic carbocycles. The molecule has 0 spiro atoms. The molecular formula is C12H24N2O3. The van der Waals surface area contributed by atoms with Crippen molar-refractivity contribution in [1.29, 1.82) is 0 Å². The largest absolute Gasteiger partial charge is 0.382 e. The Balaban J connectivity index is 3.57. The van der Waals surface area contributed by atoms with Crippen molar-refractivity contribution in [3.8, 4) is 0 Å². The topological polar surface area (TPSA) is 67.4 Å². The fourth-order valence-corrected chi connectivity index (χ4v) is 1.03. The van der Waals surface area contributed by atoms with E-state index >= 15 is 0 Å². The van der Waals surface area contributed by atoms with Gasteiger partial charge in [-0.2, -0.15) is 0 Å². The van der Waals surface area contributed by atoms with Crippen LogP contribution in [0.3, 0.4) is 0 Å². The first-order valence-electron chi connectivity index (χ1n) is 6.00. The van der Waals surface area contributed by atoms with Crippen LogP contribution in [0.5, 0.6) is 0 Å². The van der Waals surface area contributed by atoms with Crippen molar-refractivity contribution in [3.63, 3.8) is 0 Å². The van der Waals surface area contributed by atoms with Crippen molar-refractivity contribution >= 4 is 11.8 Å². The number of hydrogen-bond donors (Lipinski definition) is 2. The van der Waals surface area contributed by atoms with Crippen molar-refractivity contribution in [1.82, 2.24) is 10.6 Å². The molecule has 5 heteroatoms. The molecule has 0 aliphatic heterocycles. The van der Waals surface area contributed by atoms with Gasteiger partial charge < -0.3 is 15.4 Å². The van der Waals surface area contributed by atoms with Crippen molar-refractivity contribution in [2.24, 2.45) is 5.41 Å². The fraction of sp³-hybridized carbons (Fsp3) is 0.833. The molecule has 0 aliphatic rings. The maximum absolute atomic E-state index is 11.5. The lowest BCUT2D eigenvalue weighted by molar-refractivity contribution is -0.131. The van der Waals surface area contributed by atoms with Crippen LogP contribution in [0, 0.1) is 5.41 Å². The molecule has 17 heavy (non-hydrogen) atoms. The molecule has 2 amide bonds. The third kappa shape index (κ3) is 8.68. The second-order valence-electron chi connectivity index (χ2n) is 4.83. The molecule has 0 heterocycles. The summed E-state index contributed by atoms with van der Waals surface area (Å²) >= 11 is 0. The van der Waals surface area contributed by atoms with Gasteiger partial charge in [-0.3, -0.25) is 9.59 Å². The molecule has 0 aromatic heterocycles. The first-order valence-corrected chi connectivity index (χ1v) is 6.00. The molecule has 0 saturated heterocycles. The van der Waals surface area contributed by atoms with Gasteiger partial charge in [0, 0.05) is 25.2 Å². The molecule has 0 unspecified atom stereocenters. The Morgan fingerprint density at radius 3 is 2.35 bits per heavy atom. The van der Waals surface area contributed by atoms with E-state index in [1.54, 1.807) is 0 Å². The van der Waals surface area contributed by atoms with Crippen molar-refractivity contribution in [2.75, 3.05) is 26.3 Å². The molecule has 2 N–H and O–H groups in total. The van der Waals surface area contributed by atoms with E-state index in [4.69, 9.17) is 4.74 Å². The highest BCUT2D eigenvalue weighted by Crippen LogP contribution is 2.11. The molecule has 0 bridgehead atoms. The van der Waals surface area contributed by atoms with Crippen molar-refractivity contribution in [3.05, 3.63) is 0 Å². The normalized spacial score (nSPS) is 11.1. The van der Waals surface area contributed by atoms with E-state index < -0.39 is 5.41 Å². The highest BCUT2D eigenvalue weighted by atomic mass is 16.5. The second kappa shape index (κ2) is 8.06. The Bertz CT molecular complexity index is 247. The zero-order valence-corrected chi connectivity index (χ0v) is 11.3. The van der Waals surface area contributed by atoms with E-state index in [0.29, 0.717) is 19.8 Å². The Morgan fingerprint density at radius 2 is 1.82 bits per heavy atom. The zero-order chi connectivity index (χ0) is 13.3. The van der Waals surface area contributed by atoms with Crippen LogP contribution in [0.4, 0.5) is 0 Å². The molecule has 100 valence electrons. The fourth-order valence-electron chi connectivity index (χ4n) is 1.03. The molecule has 0 atom stereocenters. The highest BCUT2D eigenvalue weighted by Gasteiger charge is 2.21. The molecule has 5 nitrogen and oxygen atoms in total. The minimum Gasteiger partial charge on any atom is -0.382 e. The van der Waals surface area contributed by atoms with Gasteiger partial charge in [-0.05, 0) is 13.3 Å². The third-order valence-electron chi connectivity index (χ3n) is 2.08. The van der Waals surface area contributed by atoms with E-state index in [9.17, 15) is 9.59 Å². The summed E-state index contributed by atoms with van der Waals surface area (Å²) in [5.74, 6) is -0.291. The first kappa shape index (κ1) is 15.9. The van der Waals surface area contributed by atoms with Crippen LogP contribution in [-0.4, -0.2) is 38.1 Å². The quantitative estimate of drug-likeness (QED) is 0.648. The number of carbonyl (C=O) groups excluding carboxylic acids is 2. The molecular weight excluding hydrogens is 220 g/mol. The lowest BCUT2D eigenvalue weighted by Gasteiger charge is -2.17. The van der Waals surface area contributed by atoms with Crippen LogP contribution in [0.2, 0.25) is 0 Å². The van der Waals surface area contributed by atoms with Crippen LogP contribution >= 0.6 is 0 Å². The average molecular weight is 244 g/mol. The van der Waals surface area contributed by atoms with E-state index in [1.807, 2.05) is 27.7 Å². The lowest BCUT2D eigenvalue weighted by atomic mass is 9.96. The van der Waals surface area contributed by atoms with Crippen molar-refractivity contribution in [2.45, 2.75) is 34.1 Å². The summed E-state index contributed by atoms with van der Waals surface area (Å²) in [6, 6.07) is 0. The number of carbonyl (C=O) groups is 2. The number of amides is 2. The molecule has 0 aliphatic carbocycles. The lowest BCUT2D eigenvalue weighted by Crippen LogP contribution is -2.42. The van der Waals surface area contributed by atoms with Gasteiger partial charge in [0.2, 0.25) is 11.8 Å². The van der Waals surface area contributed by atoms with Crippen LogP contribution in [-0.2, 0) is 14.3 Å². The minimum absolute atomic E-state index is 0.0325. The van der Waals surface area contributed by atoms with E-state index in [2.05, 4.69) is 10.6 Å². The third-order valence-corrected chi connectivity index (χ3v) is 2.08. The summed E-state index contributed by atoms with van der Waals surface area (Å²) in [7, 11) is 0. The Hall–Kier alpha value is -1.10. The standard InChI is InChI=1S/C12H24N2O3/c1-5-17-8-6-7-13-10(15)9-14-11(16)12(2,3)4/h5-9H2,1-4H3,(H,13,15)(H,14,16). The Labute approximate surface area is 103 Å². The van der Waals surface area contributed by atoms with Gasteiger partial charge in [0.1, 0.15) is 0 Å². The van der Waals surface area contributed by atoms with Gasteiger partial charge in [-0.1, -0.05) is 20.8 Å². The predicted molar refractivity (Wildman–Crippen MR) is 66.6 cm³/mol. The van der Waals surface area contributed by atoms with Crippen LogP contribution in [0.15, 0.2) is 0 Å². The predicted octanol–water partition coefficient (Wildman–Crippen LogP) is 0.691. The molecule has 0 radical (unpaired) electrons.